The summed E-state index contributed by atoms with van der Waals surface area (Å²) >= 11 is 0. The summed E-state index contributed by atoms with van der Waals surface area (Å²) in [4.78, 5) is 13.3. The second-order valence-electron chi connectivity index (χ2n) is 4.21. The molecule has 5 nitrogen and oxygen atoms in total. The normalized spacial score (nSPS) is 10.1. The predicted molar refractivity (Wildman–Crippen MR) is 74.6 cm³/mol. The van der Waals surface area contributed by atoms with Crippen molar-refractivity contribution in [3.63, 3.8) is 0 Å². The van der Waals surface area contributed by atoms with Crippen LogP contribution in [0.3, 0.4) is 0 Å². The molecule has 2 N–H and O–H groups in total. The van der Waals surface area contributed by atoms with Crippen molar-refractivity contribution >= 4 is 5.91 Å². The first-order valence-electron chi connectivity index (χ1n) is 6.36. The van der Waals surface area contributed by atoms with E-state index in [-0.39, 0.29) is 12.5 Å². The number of likely N-dealkylation sites (N-methyl/N-ethyl adjacent to an activating group) is 1. The topological polar surface area (TPSA) is 64.8 Å². The second-order valence-corrected chi connectivity index (χ2v) is 4.21. The molecule has 0 atom stereocenters. The van der Waals surface area contributed by atoms with Crippen LogP contribution >= 0.6 is 0 Å². The summed E-state index contributed by atoms with van der Waals surface area (Å²) in [6.07, 6.45) is 0.685. The van der Waals surface area contributed by atoms with Crippen LogP contribution in [0.1, 0.15) is 12.5 Å². The van der Waals surface area contributed by atoms with E-state index in [4.69, 9.17) is 15.2 Å². The molecule has 0 saturated carbocycles. The lowest BCUT2D eigenvalue weighted by Gasteiger charge is -2.16. The van der Waals surface area contributed by atoms with Crippen LogP contribution in [0.25, 0.3) is 0 Å². The van der Waals surface area contributed by atoms with Crippen LogP contribution in [0.5, 0.6) is 11.5 Å². The van der Waals surface area contributed by atoms with Gasteiger partial charge in [-0.25, -0.2) is 0 Å². The molecular weight excluding hydrogens is 244 g/mol. The van der Waals surface area contributed by atoms with Gasteiger partial charge in [0.2, 0.25) is 0 Å². The highest BCUT2D eigenvalue weighted by atomic mass is 16.5. The van der Waals surface area contributed by atoms with Crippen molar-refractivity contribution in [1.29, 1.82) is 0 Å². The molecule has 1 aromatic carbocycles. The average molecular weight is 266 g/mol. The van der Waals surface area contributed by atoms with Crippen LogP contribution in [0, 0.1) is 0 Å². The van der Waals surface area contributed by atoms with Gasteiger partial charge in [-0.2, -0.15) is 0 Å². The molecule has 0 saturated heterocycles. The van der Waals surface area contributed by atoms with Crippen LogP contribution in [0.4, 0.5) is 0 Å². The Morgan fingerprint density at radius 3 is 2.74 bits per heavy atom. The SMILES string of the molecule is CCN(C)C(=O)COc1ccc(OC)cc1CCN. The van der Waals surface area contributed by atoms with E-state index in [0.717, 1.165) is 11.3 Å². The van der Waals surface area contributed by atoms with Gasteiger partial charge in [-0.3, -0.25) is 4.79 Å². The van der Waals surface area contributed by atoms with Crippen molar-refractivity contribution in [3.8, 4) is 11.5 Å². The molecule has 0 fully saturated rings. The summed E-state index contributed by atoms with van der Waals surface area (Å²) in [5.41, 5.74) is 6.53. The van der Waals surface area contributed by atoms with Crippen molar-refractivity contribution in [2.45, 2.75) is 13.3 Å². The molecule has 1 amide bonds. The maximum Gasteiger partial charge on any atom is 0.260 e. The summed E-state index contributed by atoms with van der Waals surface area (Å²) in [6.45, 7) is 3.15. The maximum atomic E-state index is 11.7. The first-order valence-corrected chi connectivity index (χ1v) is 6.36. The number of amides is 1. The van der Waals surface area contributed by atoms with E-state index in [9.17, 15) is 4.79 Å². The number of methoxy groups -OCH3 is 1. The highest BCUT2D eigenvalue weighted by Crippen LogP contribution is 2.24. The van der Waals surface area contributed by atoms with E-state index in [1.807, 2.05) is 25.1 Å². The Labute approximate surface area is 114 Å². The highest BCUT2D eigenvalue weighted by Gasteiger charge is 2.10. The zero-order chi connectivity index (χ0) is 14.3. The van der Waals surface area contributed by atoms with E-state index >= 15 is 0 Å². The van der Waals surface area contributed by atoms with Crippen LogP contribution < -0.4 is 15.2 Å². The number of carbonyl (C=O) groups is 1. The zero-order valence-electron chi connectivity index (χ0n) is 11.8. The van der Waals surface area contributed by atoms with Crippen molar-refractivity contribution < 1.29 is 14.3 Å². The van der Waals surface area contributed by atoms with Gasteiger partial charge in [0.05, 0.1) is 7.11 Å². The Hall–Kier alpha value is -1.75. The van der Waals surface area contributed by atoms with Crippen LogP contribution in [-0.2, 0) is 11.2 Å². The Kier molecular flexibility index (Phi) is 6.15. The largest absolute Gasteiger partial charge is 0.497 e. The van der Waals surface area contributed by atoms with Crippen molar-refractivity contribution in [2.24, 2.45) is 5.73 Å². The van der Waals surface area contributed by atoms with Crippen molar-refractivity contribution in [2.75, 3.05) is 33.9 Å². The minimum atomic E-state index is -0.0444. The molecule has 19 heavy (non-hydrogen) atoms. The van der Waals surface area contributed by atoms with Gasteiger partial charge in [0, 0.05) is 13.6 Å². The van der Waals surface area contributed by atoms with Gasteiger partial charge >= 0.3 is 0 Å². The number of hydrogen-bond donors (Lipinski definition) is 1. The fraction of sp³-hybridized carbons (Fsp3) is 0.500. The summed E-state index contributed by atoms with van der Waals surface area (Å²) < 4.78 is 10.7. The quantitative estimate of drug-likeness (QED) is 0.801. The molecule has 0 radical (unpaired) electrons. The van der Waals surface area contributed by atoms with Crippen LogP contribution in [-0.4, -0.2) is 44.7 Å². The third-order valence-electron chi connectivity index (χ3n) is 2.93. The molecule has 0 aliphatic carbocycles. The number of nitrogens with two attached hydrogens (primary N) is 1. The third kappa shape index (κ3) is 4.44. The van der Waals surface area contributed by atoms with E-state index < -0.39 is 0 Å². The molecule has 1 rings (SSSR count). The lowest BCUT2D eigenvalue weighted by Crippen LogP contribution is -2.31. The lowest BCUT2D eigenvalue weighted by atomic mass is 10.1. The number of hydrogen-bond acceptors (Lipinski definition) is 4. The Morgan fingerprint density at radius 2 is 2.16 bits per heavy atom. The van der Waals surface area contributed by atoms with Crippen molar-refractivity contribution in [1.82, 2.24) is 4.90 Å². The Balaban J connectivity index is 2.74. The molecule has 5 heteroatoms. The molecule has 0 unspecified atom stereocenters. The summed E-state index contributed by atoms with van der Waals surface area (Å²) in [6, 6.07) is 5.50. The number of ether oxygens (including phenoxy) is 2. The Morgan fingerprint density at radius 1 is 1.42 bits per heavy atom. The lowest BCUT2D eigenvalue weighted by molar-refractivity contribution is -0.131. The van der Waals surface area contributed by atoms with Gasteiger partial charge in [-0.15, -0.1) is 0 Å². The summed E-state index contributed by atoms with van der Waals surface area (Å²) in [7, 11) is 3.36. The number of nitrogens with zero attached hydrogens (tertiary/aromatic N) is 1. The Bertz CT molecular complexity index is 421. The van der Waals surface area contributed by atoms with Gasteiger partial charge in [0.15, 0.2) is 6.61 Å². The smallest absolute Gasteiger partial charge is 0.260 e. The van der Waals surface area contributed by atoms with Crippen molar-refractivity contribution in [3.05, 3.63) is 23.8 Å². The molecular formula is C14H22N2O3. The first kappa shape index (κ1) is 15.3. The van der Waals surface area contributed by atoms with Gasteiger partial charge < -0.3 is 20.1 Å². The summed E-state index contributed by atoms with van der Waals surface area (Å²) in [5, 5.41) is 0. The number of benzene rings is 1. The molecule has 0 heterocycles. The predicted octanol–water partition coefficient (Wildman–Crippen LogP) is 1.05. The molecule has 1 aromatic rings. The van der Waals surface area contributed by atoms with E-state index in [2.05, 4.69) is 0 Å². The first-order chi connectivity index (χ1) is 9.12. The number of rotatable bonds is 7. The molecule has 106 valence electrons. The van der Waals surface area contributed by atoms with Crippen LogP contribution in [0.2, 0.25) is 0 Å². The minimum absolute atomic E-state index is 0.0360. The molecule has 0 aliphatic heterocycles. The van der Waals surface area contributed by atoms with Gasteiger partial charge in [0.25, 0.3) is 5.91 Å². The highest BCUT2D eigenvalue weighted by molar-refractivity contribution is 5.77. The van der Waals surface area contributed by atoms with E-state index in [0.29, 0.717) is 25.3 Å². The van der Waals surface area contributed by atoms with E-state index in [1.165, 1.54) is 0 Å². The molecule has 0 bridgehead atoms. The fourth-order valence-corrected chi connectivity index (χ4v) is 1.60. The molecule has 0 aromatic heterocycles. The number of carbonyl (C=O) groups excluding carboxylic acids is 1. The van der Waals surface area contributed by atoms with Gasteiger partial charge in [-0.1, -0.05) is 0 Å². The van der Waals surface area contributed by atoms with Crippen LogP contribution in [0.15, 0.2) is 18.2 Å². The van der Waals surface area contributed by atoms with Gasteiger partial charge in [0.1, 0.15) is 11.5 Å². The minimum Gasteiger partial charge on any atom is -0.497 e. The molecule has 0 aliphatic rings. The maximum absolute atomic E-state index is 11.7. The van der Waals surface area contributed by atoms with Gasteiger partial charge in [-0.05, 0) is 43.7 Å². The third-order valence-corrected chi connectivity index (χ3v) is 2.93. The van der Waals surface area contributed by atoms with E-state index in [1.54, 1.807) is 19.1 Å². The monoisotopic (exact) mass is 266 g/mol. The zero-order valence-corrected chi connectivity index (χ0v) is 11.8. The average Bonchev–Trinajstić information content (AvgIpc) is 2.44. The molecule has 0 spiro atoms. The fourth-order valence-electron chi connectivity index (χ4n) is 1.60. The second kappa shape index (κ2) is 7.63. The summed E-state index contributed by atoms with van der Waals surface area (Å²) in [5.74, 6) is 1.40. The standard InChI is InChI=1S/C14H22N2O3/c1-4-16(2)14(17)10-19-13-6-5-12(18-3)9-11(13)7-8-15/h5-6,9H,4,7-8,10,15H2,1-3H3.